The van der Waals surface area contributed by atoms with E-state index in [1.165, 1.54) is 5.39 Å². The largest absolute Gasteiger partial charge is 0.494 e. The molecule has 1 heterocycles. The number of para-hydroxylation sites is 1. The molecule has 0 spiro atoms. The summed E-state index contributed by atoms with van der Waals surface area (Å²) in [6.45, 7) is 2.07. The van der Waals surface area contributed by atoms with Crippen molar-refractivity contribution in [2.24, 2.45) is 0 Å². The molecule has 0 aliphatic carbocycles. The highest BCUT2D eigenvalue weighted by molar-refractivity contribution is 5.88. The van der Waals surface area contributed by atoms with Crippen LogP contribution in [0.3, 0.4) is 0 Å². The van der Waals surface area contributed by atoms with Gasteiger partial charge in [0.1, 0.15) is 5.75 Å². The quantitative estimate of drug-likeness (QED) is 0.658. The summed E-state index contributed by atoms with van der Waals surface area (Å²) in [5.41, 5.74) is 3.43. The highest BCUT2D eigenvalue weighted by Crippen LogP contribution is 2.31. The third-order valence-electron chi connectivity index (χ3n) is 3.24. The molecule has 0 amide bonds. The van der Waals surface area contributed by atoms with E-state index in [0.29, 0.717) is 0 Å². The van der Waals surface area contributed by atoms with Gasteiger partial charge in [-0.2, -0.15) is 0 Å². The lowest BCUT2D eigenvalue weighted by molar-refractivity contribution is 0.415. The lowest BCUT2D eigenvalue weighted by Crippen LogP contribution is -1.95. The normalized spacial score (nSPS) is 10.8. The van der Waals surface area contributed by atoms with Crippen LogP contribution < -0.4 is 4.74 Å². The van der Waals surface area contributed by atoms with Crippen LogP contribution in [0.4, 0.5) is 0 Å². The van der Waals surface area contributed by atoms with Crippen LogP contribution in [0, 0.1) is 6.92 Å². The molecular weight excluding hydrogens is 222 g/mol. The standard InChI is InChI=1S/C16H15NO/c1-12-8-9-13-10-11-17(15(13)16(12)18-2)14-6-4-3-5-7-14/h3-11H,1-2H3. The molecule has 2 heteroatoms. The van der Waals surface area contributed by atoms with Crippen LogP contribution >= 0.6 is 0 Å². The van der Waals surface area contributed by atoms with E-state index in [1.54, 1.807) is 7.11 Å². The summed E-state index contributed by atoms with van der Waals surface area (Å²) in [4.78, 5) is 0. The van der Waals surface area contributed by atoms with Gasteiger partial charge in [0, 0.05) is 17.3 Å². The second kappa shape index (κ2) is 4.22. The minimum atomic E-state index is 0.946. The third-order valence-corrected chi connectivity index (χ3v) is 3.24. The Balaban J connectivity index is 2.34. The van der Waals surface area contributed by atoms with E-state index in [9.17, 15) is 0 Å². The van der Waals surface area contributed by atoms with Crippen molar-refractivity contribution in [3.63, 3.8) is 0 Å². The zero-order valence-electron chi connectivity index (χ0n) is 10.6. The van der Waals surface area contributed by atoms with Crippen molar-refractivity contribution in [2.75, 3.05) is 7.11 Å². The van der Waals surface area contributed by atoms with Crippen molar-refractivity contribution >= 4 is 10.9 Å². The molecule has 2 aromatic carbocycles. The van der Waals surface area contributed by atoms with Crippen LogP contribution in [-0.4, -0.2) is 11.7 Å². The molecule has 0 bridgehead atoms. The van der Waals surface area contributed by atoms with Gasteiger partial charge in [-0.15, -0.1) is 0 Å². The molecule has 0 saturated carbocycles. The van der Waals surface area contributed by atoms with Crippen molar-refractivity contribution in [2.45, 2.75) is 6.92 Å². The predicted molar refractivity (Wildman–Crippen MR) is 74.6 cm³/mol. The molecule has 0 aliphatic heterocycles. The Bertz CT molecular complexity index is 683. The number of nitrogens with zero attached hydrogens (tertiary/aromatic N) is 1. The molecule has 18 heavy (non-hydrogen) atoms. The maximum Gasteiger partial charge on any atom is 0.146 e. The van der Waals surface area contributed by atoms with Crippen molar-refractivity contribution in [3.8, 4) is 11.4 Å². The van der Waals surface area contributed by atoms with Gasteiger partial charge in [0.15, 0.2) is 0 Å². The molecule has 0 aliphatic rings. The molecule has 3 aromatic rings. The summed E-state index contributed by atoms with van der Waals surface area (Å²) in [6, 6.07) is 16.7. The molecule has 0 fully saturated rings. The zero-order chi connectivity index (χ0) is 12.5. The SMILES string of the molecule is COc1c(C)ccc2ccn(-c3ccccc3)c12. The van der Waals surface area contributed by atoms with Crippen LogP contribution in [0.1, 0.15) is 5.56 Å². The Hall–Kier alpha value is -2.22. The highest BCUT2D eigenvalue weighted by atomic mass is 16.5. The number of hydrogen-bond donors (Lipinski definition) is 0. The minimum Gasteiger partial charge on any atom is -0.494 e. The summed E-state index contributed by atoms with van der Waals surface area (Å²) in [5, 5.41) is 1.20. The number of methoxy groups -OCH3 is 1. The molecule has 0 N–H and O–H groups in total. The number of fused-ring (bicyclic) bond motifs is 1. The van der Waals surface area contributed by atoms with Crippen LogP contribution in [-0.2, 0) is 0 Å². The van der Waals surface area contributed by atoms with Crippen LogP contribution in [0.2, 0.25) is 0 Å². The Labute approximate surface area is 106 Å². The van der Waals surface area contributed by atoms with E-state index in [0.717, 1.165) is 22.5 Å². The lowest BCUT2D eigenvalue weighted by Gasteiger charge is -2.11. The van der Waals surface area contributed by atoms with Gasteiger partial charge in [0.2, 0.25) is 0 Å². The maximum absolute atomic E-state index is 5.56. The highest BCUT2D eigenvalue weighted by Gasteiger charge is 2.10. The predicted octanol–water partition coefficient (Wildman–Crippen LogP) is 3.95. The first kappa shape index (κ1) is 10.9. The van der Waals surface area contributed by atoms with Gasteiger partial charge in [0.05, 0.1) is 12.6 Å². The Morgan fingerprint density at radius 1 is 0.944 bits per heavy atom. The van der Waals surface area contributed by atoms with E-state index in [2.05, 4.69) is 48.0 Å². The topological polar surface area (TPSA) is 14.2 Å². The molecule has 2 nitrogen and oxygen atoms in total. The fraction of sp³-hybridized carbons (Fsp3) is 0.125. The Morgan fingerprint density at radius 3 is 2.44 bits per heavy atom. The van der Waals surface area contributed by atoms with E-state index >= 15 is 0 Å². The molecule has 0 unspecified atom stereocenters. The molecule has 0 saturated heterocycles. The first-order chi connectivity index (χ1) is 8.81. The molecule has 3 rings (SSSR count). The first-order valence-electron chi connectivity index (χ1n) is 6.01. The lowest BCUT2D eigenvalue weighted by atomic mass is 10.1. The Morgan fingerprint density at radius 2 is 1.72 bits per heavy atom. The number of rotatable bonds is 2. The minimum absolute atomic E-state index is 0.946. The number of aromatic nitrogens is 1. The van der Waals surface area contributed by atoms with Crippen LogP contribution in [0.5, 0.6) is 5.75 Å². The van der Waals surface area contributed by atoms with Gasteiger partial charge in [-0.1, -0.05) is 30.3 Å². The summed E-state index contributed by atoms with van der Waals surface area (Å²) < 4.78 is 7.73. The molecule has 1 aromatic heterocycles. The summed E-state index contributed by atoms with van der Waals surface area (Å²) >= 11 is 0. The number of aryl methyl sites for hydroxylation is 1. The Kier molecular flexibility index (Phi) is 2.56. The fourth-order valence-electron chi connectivity index (χ4n) is 2.36. The number of hydrogen-bond acceptors (Lipinski definition) is 1. The van der Waals surface area contributed by atoms with E-state index in [1.807, 2.05) is 18.2 Å². The van der Waals surface area contributed by atoms with Gasteiger partial charge in [-0.05, 0) is 30.7 Å². The van der Waals surface area contributed by atoms with Crippen molar-refractivity contribution in [3.05, 3.63) is 60.3 Å². The average Bonchev–Trinajstić information content (AvgIpc) is 2.83. The first-order valence-corrected chi connectivity index (χ1v) is 6.01. The van der Waals surface area contributed by atoms with Gasteiger partial charge < -0.3 is 9.30 Å². The molecule has 90 valence electrons. The number of benzene rings is 2. The van der Waals surface area contributed by atoms with Crippen molar-refractivity contribution < 1.29 is 4.74 Å². The van der Waals surface area contributed by atoms with Crippen LogP contribution in [0.25, 0.3) is 16.6 Å². The van der Waals surface area contributed by atoms with Crippen molar-refractivity contribution in [1.82, 2.24) is 4.57 Å². The van der Waals surface area contributed by atoms with Gasteiger partial charge in [0.25, 0.3) is 0 Å². The summed E-state index contributed by atoms with van der Waals surface area (Å²) in [5.74, 6) is 0.946. The van der Waals surface area contributed by atoms with Gasteiger partial charge in [-0.25, -0.2) is 0 Å². The van der Waals surface area contributed by atoms with E-state index in [-0.39, 0.29) is 0 Å². The maximum atomic E-state index is 5.56. The second-order valence-corrected chi connectivity index (χ2v) is 4.37. The molecular formula is C16H15NO. The van der Waals surface area contributed by atoms with Gasteiger partial charge in [-0.3, -0.25) is 0 Å². The summed E-state index contributed by atoms with van der Waals surface area (Å²) in [6.07, 6.45) is 2.09. The van der Waals surface area contributed by atoms with Crippen molar-refractivity contribution in [1.29, 1.82) is 0 Å². The number of ether oxygens (including phenoxy) is 1. The average molecular weight is 237 g/mol. The smallest absolute Gasteiger partial charge is 0.146 e. The molecule has 0 radical (unpaired) electrons. The third kappa shape index (κ3) is 1.58. The second-order valence-electron chi connectivity index (χ2n) is 4.37. The van der Waals surface area contributed by atoms with E-state index in [4.69, 9.17) is 4.74 Å². The molecule has 0 atom stereocenters. The fourth-order valence-corrected chi connectivity index (χ4v) is 2.36. The van der Waals surface area contributed by atoms with Crippen LogP contribution in [0.15, 0.2) is 54.7 Å². The van der Waals surface area contributed by atoms with E-state index < -0.39 is 0 Å². The zero-order valence-corrected chi connectivity index (χ0v) is 10.6. The monoisotopic (exact) mass is 237 g/mol. The van der Waals surface area contributed by atoms with Gasteiger partial charge >= 0.3 is 0 Å². The summed E-state index contributed by atoms with van der Waals surface area (Å²) in [7, 11) is 1.73.